The van der Waals surface area contributed by atoms with Crippen LogP contribution >= 0.6 is 0 Å². The fourth-order valence-electron chi connectivity index (χ4n) is 3.04. The molecule has 0 aliphatic heterocycles. The van der Waals surface area contributed by atoms with Crippen molar-refractivity contribution in [3.8, 4) is 0 Å². The van der Waals surface area contributed by atoms with Crippen LogP contribution in [0.2, 0.25) is 0 Å². The van der Waals surface area contributed by atoms with Crippen molar-refractivity contribution in [3.05, 3.63) is 0 Å². The normalized spacial score (nSPS) is 36.9. The minimum Gasteiger partial charge on any atom is -0.393 e. The average molecular weight is 182 g/mol. The molecule has 0 aromatic heterocycles. The SMILES string of the molecule is CC(C)[C@@H]1C[C@@H]1[C@@H](O)C1CCCC1. The Kier molecular flexibility index (Phi) is 2.64. The van der Waals surface area contributed by atoms with E-state index in [1.54, 1.807) is 0 Å². The molecule has 1 heteroatoms. The summed E-state index contributed by atoms with van der Waals surface area (Å²) in [6.45, 7) is 4.57. The lowest BCUT2D eigenvalue weighted by molar-refractivity contribution is 0.0812. The zero-order valence-electron chi connectivity index (χ0n) is 8.87. The average Bonchev–Trinajstić information content (AvgIpc) is 2.72. The fraction of sp³-hybridized carbons (Fsp3) is 1.00. The molecule has 0 aromatic carbocycles. The number of aliphatic hydroxyl groups is 1. The third-order valence-corrected chi connectivity index (χ3v) is 4.07. The van der Waals surface area contributed by atoms with E-state index >= 15 is 0 Å². The molecule has 3 atom stereocenters. The van der Waals surface area contributed by atoms with Crippen molar-refractivity contribution in [1.29, 1.82) is 0 Å². The van der Waals surface area contributed by atoms with Gasteiger partial charge < -0.3 is 5.11 Å². The molecule has 2 aliphatic carbocycles. The van der Waals surface area contributed by atoms with Crippen LogP contribution in [0.5, 0.6) is 0 Å². The van der Waals surface area contributed by atoms with Crippen LogP contribution < -0.4 is 0 Å². The lowest BCUT2D eigenvalue weighted by atomic mass is 9.94. The van der Waals surface area contributed by atoms with Gasteiger partial charge in [0, 0.05) is 0 Å². The Morgan fingerprint density at radius 1 is 1.08 bits per heavy atom. The molecule has 13 heavy (non-hydrogen) atoms. The molecule has 2 aliphatic rings. The summed E-state index contributed by atoms with van der Waals surface area (Å²) in [6, 6.07) is 0. The van der Waals surface area contributed by atoms with Crippen molar-refractivity contribution in [2.24, 2.45) is 23.7 Å². The molecule has 0 amide bonds. The Bertz CT molecular complexity index is 170. The minimum absolute atomic E-state index is 0.0369. The second-order valence-electron chi connectivity index (χ2n) is 5.34. The summed E-state index contributed by atoms with van der Waals surface area (Å²) in [5.74, 6) is 2.91. The third kappa shape index (κ3) is 1.90. The molecule has 0 bridgehead atoms. The van der Waals surface area contributed by atoms with E-state index in [2.05, 4.69) is 13.8 Å². The van der Waals surface area contributed by atoms with Crippen LogP contribution in [0.1, 0.15) is 46.0 Å². The number of aliphatic hydroxyl groups excluding tert-OH is 1. The molecular weight excluding hydrogens is 160 g/mol. The van der Waals surface area contributed by atoms with Gasteiger partial charge in [0.15, 0.2) is 0 Å². The van der Waals surface area contributed by atoms with Crippen molar-refractivity contribution >= 4 is 0 Å². The standard InChI is InChI=1S/C12H22O/c1-8(2)10-7-11(10)12(13)9-5-3-4-6-9/h8-13H,3-7H2,1-2H3/t10-,11-,12-/m0/s1. The summed E-state index contributed by atoms with van der Waals surface area (Å²) in [6.07, 6.45) is 6.58. The fourth-order valence-corrected chi connectivity index (χ4v) is 3.04. The van der Waals surface area contributed by atoms with Crippen LogP contribution in [0.25, 0.3) is 0 Å². The monoisotopic (exact) mass is 182 g/mol. The van der Waals surface area contributed by atoms with Crippen molar-refractivity contribution in [3.63, 3.8) is 0 Å². The van der Waals surface area contributed by atoms with Crippen LogP contribution in [0.3, 0.4) is 0 Å². The minimum atomic E-state index is 0.0369. The molecule has 0 aromatic rings. The first-order valence-electron chi connectivity index (χ1n) is 5.88. The Morgan fingerprint density at radius 2 is 1.69 bits per heavy atom. The number of hydrogen-bond donors (Lipinski definition) is 1. The highest BCUT2D eigenvalue weighted by molar-refractivity contribution is 4.96. The lowest BCUT2D eigenvalue weighted by Gasteiger charge is -2.18. The number of rotatable bonds is 3. The highest BCUT2D eigenvalue weighted by Crippen LogP contribution is 2.49. The van der Waals surface area contributed by atoms with E-state index in [-0.39, 0.29) is 6.10 Å². The summed E-state index contributed by atoms with van der Waals surface area (Å²) in [5, 5.41) is 10.1. The predicted molar refractivity (Wildman–Crippen MR) is 54.4 cm³/mol. The van der Waals surface area contributed by atoms with E-state index in [1.165, 1.54) is 32.1 Å². The van der Waals surface area contributed by atoms with Gasteiger partial charge in [-0.3, -0.25) is 0 Å². The Hall–Kier alpha value is -0.0400. The molecule has 1 N–H and O–H groups in total. The van der Waals surface area contributed by atoms with Gasteiger partial charge in [0.1, 0.15) is 0 Å². The first kappa shape index (κ1) is 9.51. The summed E-state index contributed by atoms with van der Waals surface area (Å²) >= 11 is 0. The van der Waals surface area contributed by atoms with E-state index in [0.717, 1.165) is 11.8 Å². The largest absolute Gasteiger partial charge is 0.393 e. The van der Waals surface area contributed by atoms with Crippen LogP contribution in [0.15, 0.2) is 0 Å². The lowest BCUT2D eigenvalue weighted by Crippen LogP contribution is -2.21. The van der Waals surface area contributed by atoms with E-state index in [0.29, 0.717) is 11.8 Å². The van der Waals surface area contributed by atoms with Crippen LogP contribution in [0, 0.1) is 23.7 Å². The molecular formula is C12H22O. The maximum absolute atomic E-state index is 10.1. The molecule has 2 rings (SSSR count). The Balaban J connectivity index is 1.81. The van der Waals surface area contributed by atoms with Gasteiger partial charge in [-0.05, 0) is 42.9 Å². The van der Waals surface area contributed by atoms with E-state index in [9.17, 15) is 5.11 Å². The maximum atomic E-state index is 10.1. The number of hydrogen-bond acceptors (Lipinski definition) is 1. The Labute approximate surface area is 81.5 Å². The zero-order chi connectivity index (χ0) is 9.42. The van der Waals surface area contributed by atoms with Crippen molar-refractivity contribution in [2.45, 2.75) is 52.1 Å². The molecule has 0 spiro atoms. The first-order valence-corrected chi connectivity index (χ1v) is 5.88. The molecule has 2 saturated carbocycles. The smallest absolute Gasteiger partial charge is 0.0599 e. The van der Waals surface area contributed by atoms with Crippen molar-refractivity contribution < 1.29 is 5.11 Å². The molecule has 2 fully saturated rings. The maximum Gasteiger partial charge on any atom is 0.0599 e. The Morgan fingerprint density at radius 3 is 2.15 bits per heavy atom. The van der Waals surface area contributed by atoms with Crippen molar-refractivity contribution in [2.75, 3.05) is 0 Å². The van der Waals surface area contributed by atoms with Gasteiger partial charge in [-0.15, -0.1) is 0 Å². The van der Waals surface area contributed by atoms with Crippen LogP contribution in [-0.4, -0.2) is 11.2 Å². The summed E-state index contributed by atoms with van der Waals surface area (Å²) in [7, 11) is 0. The highest BCUT2D eigenvalue weighted by atomic mass is 16.3. The van der Waals surface area contributed by atoms with Crippen LogP contribution in [0.4, 0.5) is 0 Å². The second-order valence-corrected chi connectivity index (χ2v) is 5.34. The van der Waals surface area contributed by atoms with Crippen LogP contribution in [-0.2, 0) is 0 Å². The molecule has 0 saturated heterocycles. The van der Waals surface area contributed by atoms with E-state index < -0.39 is 0 Å². The summed E-state index contributed by atoms with van der Waals surface area (Å²) < 4.78 is 0. The quantitative estimate of drug-likeness (QED) is 0.711. The molecule has 76 valence electrons. The van der Waals surface area contributed by atoms with Gasteiger partial charge in [-0.25, -0.2) is 0 Å². The highest BCUT2D eigenvalue weighted by Gasteiger charge is 2.46. The van der Waals surface area contributed by atoms with Gasteiger partial charge >= 0.3 is 0 Å². The van der Waals surface area contributed by atoms with Gasteiger partial charge in [0.25, 0.3) is 0 Å². The molecule has 1 nitrogen and oxygen atoms in total. The van der Waals surface area contributed by atoms with Gasteiger partial charge in [0.05, 0.1) is 6.10 Å². The first-order chi connectivity index (χ1) is 6.20. The van der Waals surface area contributed by atoms with Gasteiger partial charge in [0.2, 0.25) is 0 Å². The third-order valence-electron chi connectivity index (χ3n) is 4.07. The molecule has 0 unspecified atom stereocenters. The van der Waals surface area contributed by atoms with E-state index in [1.807, 2.05) is 0 Å². The molecule has 0 heterocycles. The predicted octanol–water partition coefficient (Wildman–Crippen LogP) is 2.83. The van der Waals surface area contributed by atoms with Gasteiger partial charge in [-0.2, -0.15) is 0 Å². The van der Waals surface area contributed by atoms with Crippen molar-refractivity contribution in [1.82, 2.24) is 0 Å². The summed E-state index contributed by atoms with van der Waals surface area (Å²) in [5.41, 5.74) is 0. The second kappa shape index (κ2) is 3.61. The van der Waals surface area contributed by atoms with E-state index in [4.69, 9.17) is 0 Å². The molecule has 0 radical (unpaired) electrons. The van der Waals surface area contributed by atoms with Gasteiger partial charge in [-0.1, -0.05) is 26.7 Å². The zero-order valence-corrected chi connectivity index (χ0v) is 8.87. The summed E-state index contributed by atoms with van der Waals surface area (Å²) in [4.78, 5) is 0. The topological polar surface area (TPSA) is 20.2 Å².